The van der Waals surface area contributed by atoms with Gasteiger partial charge in [0, 0.05) is 26.1 Å². The van der Waals surface area contributed by atoms with Crippen molar-refractivity contribution in [3.8, 4) is 17.0 Å². The lowest BCUT2D eigenvalue weighted by Crippen LogP contribution is -2.33. The standard InChI is InChI=1S/C25H26FN5O4S.H2/c1-16(2)15-35-19-13-17(12-18(26)14-19)21-9-8-20(24(28-21)31-10-3-4-11-31)25(32)30-36(33,34)23-7-5-6-22(27)29-23;/h3-9,12-14,16H,10-11,15H2,1-2H3,(H2,27,29)(H,30,32);1H. The molecule has 0 aliphatic carbocycles. The number of halogens is 1. The minimum absolute atomic E-state index is 0. The summed E-state index contributed by atoms with van der Waals surface area (Å²) < 4.78 is 47.5. The van der Waals surface area contributed by atoms with Crippen LogP contribution in [-0.4, -0.2) is 44.0 Å². The average molecular weight is 514 g/mol. The molecule has 36 heavy (non-hydrogen) atoms. The molecule has 0 unspecified atom stereocenters. The summed E-state index contributed by atoms with van der Waals surface area (Å²) in [6, 6.07) is 11.4. The van der Waals surface area contributed by atoms with Crippen LogP contribution in [0.3, 0.4) is 0 Å². The Kier molecular flexibility index (Phi) is 7.20. The second-order valence-electron chi connectivity index (χ2n) is 8.66. The van der Waals surface area contributed by atoms with Gasteiger partial charge in [0.25, 0.3) is 15.9 Å². The highest BCUT2D eigenvalue weighted by Gasteiger charge is 2.25. The van der Waals surface area contributed by atoms with Crippen molar-refractivity contribution in [2.45, 2.75) is 18.9 Å². The molecule has 9 nitrogen and oxygen atoms in total. The Morgan fingerprint density at radius 1 is 1.17 bits per heavy atom. The highest BCUT2D eigenvalue weighted by atomic mass is 32.2. The molecule has 3 N–H and O–H groups in total. The number of hydrogen-bond acceptors (Lipinski definition) is 8. The van der Waals surface area contributed by atoms with Gasteiger partial charge in [0.2, 0.25) is 0 Å². The summed E-state index contributed by atoms with van der Waals surface area (Å²) in [5.41, 5.74) is 6.50. The molecule has 0 spiro atoms. The predicted molar refractivity (Wildman–Crippen MR) is 137 cm³/mol. The van der Waals surface area contributed by atoms with Crippen molar-refractivity contribution in [2.75, 3.05) is 30.3 Å². The first-order valence-corrected chi connectivity index (χ1v) is 12.7. The molecular formula is C25H28FN5O4S. The van der Waals surface area contributed by atoms with Gasteiger partial charge in [0.1, 0.15) is 23.2 Å². The highest BCUT2D eigenvalue weighted by molar-refractivity contribution is 7.90. The lowest BCUT2D eigenvalue weighted by molar-refractivity contribution is 0.0981. The third kappa shape index (κ3) is 5.80. The van der Waals surface area contributed by atoms with Crippen LogP contribution in [0.25, 0.3) is 11.3 Å². The Balaban J connectivity index is 0.00000380. The molecule has 0 saturated heterocycles. The molecule has 0 saturated carbocycles. The Hall–Kier alpha value is -3.99. The maximum atomic E-state index is 14.3. The van der Waals surface area contributed by atoms with Gasteiger partial charge in [-0.1, -0.05) is 32.1 Å². The summed E-state index contributed by atoms with van der Waals surface area (Å²) in [4.78, 5) is 23.3. The van der Waals surface area contributed by atoms with Gasteiger partial charge in [-0.25, -0.2) is 19.1 Å². The lowest BCUT2D eigenvalue weighted by Gasteiger charge is -2.21. The van der Waals surface area contributed by atoms with Gasteiger partial charge < -0.3 is 15.4 Å². The van der Waals surface area contributed by atoms with Crippen LogP contribution in [-0.2, 0) is 10.0 Å². The molecule has 2 aromatic heterocycles. The van der Waals surface area contributed by atoms with E-state index in [1.54, 1.807) is 11.0 Å². The molecule has 0 fully saturated rings. The van der Waals surface area contributed by atoms with Crippen LogP contribution in [0.1, 0.15) is 25.6 Å². The highest BCUT2D eigenvalue weighted by Crippen LogP contribution is 2.29. The van der Waals surface area contributed by atoms with Gasteiger partial charge in [-0.15, -0.1) is 0 Å². The number of rotatable bonds is 8. The number of carbonyl (C=O) groups is 1. The summed E-state index contributed by atoms with van der Waals surface area (Å²) in [5, 5.41) is -0.376. The minimum Gasteiger partial charge on any atom is -0.493 e. The summed E-state index contributed by atoms with van der Waals surface area (Å²) in [6.45, 7) is 5.37. The largest absolute Gasteiger partial charge is 0.493 e. The molecule has 1 amide bonds. The van der Waals surface area contributed by atoms with E-state index in [-0.39, 0.29) is 29.6 Å². The molecule has 3 heterocycles. The second-order valence-corrected chi connectivity index (χ2v) is 10.3. The zero-order chi connectivity index (χ0) is 25.9. The molecule has 0 radical (unpaired) electrons. The SMILES string of the molecule is CC(C)COc1cc(F)cc(-c2ccc(C(=O)NS(=O)(=O)c3cccc(N)n3)c(N3CC=CC3)n2)c1.[HH]. The van der Waals surface area contributed by atoms with Gasteiger partial charge in [-0.05, 0) is 42.3 Å². The number of carbonyl (C=O) groups excluding carboxylic acids is 1. The van der Waals surface area contributed by atoms with E-state index in [9.17, 15) is 17.6 Å². The average Bonchev–Trinajstić information content (AvgIpc) is 3.37. The number of nitrogens with two attached hydrogens (primary N) is 1. The predicted octanol–water partition coefficient (Wildman–Crippen LogP) is 3.64. The van der Waals surface area contributed by atoms with Crippen LogP contribution in [0.15, 0.2) is 65.7 Å². The Morgan fingerprint density at radius 2 is 1.92 bits per heavy atom. The molecule has 4 rings (SSSR count). The van der Waals surface area contributed by atoms with E-state index in [0.717, 1.165) is 0 Å². The lowest BCUT2D eigenvalue weighted by atomic mass is 10.1. The fourth-order valence-corrected chi connectivity index (χ4v) is 4.49. The summed E-state index contributed by atoms with van der Waals surface area (Å²) in [6.07, 6.45) is 3.81. The molecule has 1 aromatic carbocycles. The van der Waals surface area contributed by atoms with E-state index in [1.165, 1.54) is 42.5 Å². The van der Waals surface area contributed by atoms with E-state index >= 15 is 0 Å². The number of pyridine rings is 2. The normalized spacial score (nSPS) is 13.3. The number of nitrogens with one attached hydrogen (secondary N) is 1. The molecule has 1 aliphatic heterocycles. The maximum Gasteiger partial charge on any atom is 0.281 e. The number of amides is 1. The molecule has 190 valence electrons. The summed E-state index contributed by atoms with van der Waals surface area (Å²) in [5.74, 6) is -0.458. The molecule has 11 heteroatoms. The van der Waals surface area contributed by atoms with Gasteiger partial charge >= 0.3 is 0 Å². The van der Waals surface area contributed by atoms with Gasteiger partial charge in [0.15, 0.2) is 5.03 Å². The molecule has 0 bridgehead atoms. The third-order valence-corrected chi connectivity index (χ3v) is 6.47. The van der Waals surface area contributed by atoms with Crippen LogP contribution in [0.2, 0.25) is 0 Å². The molecule has 1 aliphatic rings. The van der Waals surface area contributed by atoms with Gasteiger partial charge in [-0.3, -0.25) is 4.79 Å². The van der Waals surface area contributed by atoms with Gasteiger partial charge in [0.05, 0.1) is 17.9 Å². The van der Waals surface area contributed by atoms with Crippen LogP contribution in [0.5, 0.6) is 5.75 Å². The van der Waals surface area contributed by atoms with E-state index in [0.29, 0.717) is 36.7 Å². The number of hydrogen-bond donors (Lipinski definition) is 2. The number of benzene rings is 1. The monoisotopic (exact) mass is 513 g/mol. The zero-order valence-corrected chi connectivity index (χ0v) is 20.6. The topological polar surface area (TPSA) is 128 Å². The number of aromatic nitrogens is 2. The van der Waals surface area contributed by atoms with Crippen LogP contribution in [0, 0.1) is 11.7 Å². The van der Waals surface area contributed by atoms with Crippen LogP contribution >= 0.6 is 0 Å². The van der Waals surface area contributed by atoms with Crippen molar-refractivity contribution in [3.63, 3.8) is 0 Å². The van der Waals surface area contributed by atoms with Crippen molar-refractivity contribution < 1.29 is 23.8 Å². The van der Waals surface area contributed by atoms with Crippen LogP contribution < -0.4 is 20.1 Å². The van der Waals surface area contributed by atoms with E-state index in [4.69, 9.17) is 10.5 Å². The fraction of sp³-hybridized carbons (Fsp3) is 0.240. The zero-order valence-electron chi connectivity index (χ0n) is 19.8. The first-order valence-electron chi connectivity index (χ1n) is 11.3. The van der Waals surface area contributed by atoms with Crippen molar-refractivity contribution in [3.05, 3.63) is 72.1 Å². The summed E-state index contributed by atoms with van der Waals surface area (Å²) in [7, 11) is -4.28. The van der Waals surface area contributed by atoms with Crippen molar-refractivity contribution in [1.82, 2.24) is 14.7 Å². The number of ether oxygens (including phenoxy) is 1. The van der Waals surface area contributed by atoms with Crippen molar-refractivity contribution in [1.29, 1.82) is 0 Å². The van der Waals surface area contributed by atoms with E-state index in [2.05, 4.69) is 9.97 Å². The maximum absolute atomic E-state index is 14.3. The smallest absolute Gasteiger partial charge is 0.281 e. The first-order chi connectivity index (χ1) is 17.1. The first kappa shape index (κ1) is 25.1. The molecule has 3 aromatic rings. The Morgan fingerprint density at radius 3 is 2.61 bits per heavy atom. The number of anilines is 2. The van der Waals surface area contributed by atoms with Crippen LogP contribution in [0.4, 0.5) is 16.0 Å². The van der Waals surface area contributed by atoms with Crippen molar-refractivity contribution in [2.24, 2.45) is 5.92 Å². The Labute approximate surface area is 210 Å². The molecule has 0 atom stereocenters. The third-order valence-electron chi connectivity index (χ3n) is 5.24. The number of sulfonamides is 1. The van der Waals surface area contributed by atoms with Crippen molar-refractivity contribution >= 4 is 27.6 Å². The number of nitrogen functional groups attached to an aromatic ring is 1. The molecular weight excluding hydrogens is 485 g/mol. The quantitative estimate of drug-likeness (QED) is 0.437. The summed E-state index contributed by atoms with van der Waals surface area (Å²) >= 11 is 0. The minimum atomic E-state index is -4.28. The van der Waals surface area contributed by atoms with Gasteiger partial charge in [-0.2, -0.15) is 8.42 Å². The van der Waals surface area contributed by atoms with E-state index in [1.807, 2.05) is 30.7 Å². The Bertz CT molecular complexity index is 1420. The number of nitrogens with zero attached hydrogens (tertiary/aromatic N) is 3. The fourth-order valence-electron chi connectivity index (χ4n) is 3.55. The van der Waals surface area contributed by atoms with E-state index < -0.39 is 21.7 Å². The second kappa shape index (κ2) is 10.3.